The molecule has 1 rings (SSSR count). The zero-order valence-corrected chi connectivity index (χ0v) is 13.9. The van der Waals surface area contributed by atoms with Gasteiger partial charge in [-0.25, -0.2) is 0 Å². The van der Waals surface area contributed by atoms with E-state index in [9.17, 15) is 9.59 Å². The van der Waals surface area contributed by atoms with Crippen molar-refractivity contribution in [2.45, 2.75) is 33.4 Å². The molecule has 0 aliphatic carbocycles. The number of hydrogen-bond donors (Lipinski definition) is 2. The highest BCUT2D eigenvalue weighted by Gasteiger charge is 2.20. The van der Waals surface area contributed by atoms with Crippen LogP contribution in [-0.4, -0.2) is 47.3 Å². The first-order valence-electron chi connectivity index (χ1n) is 7.27. The Labute approximate surface area is 135 Å². The minimum atomic E-state index is -0.498. The Hall–Kier alpha value is -2.57. The second kappa shape index (κ2) is 8.77. The van der Waals surface area contributed by atoms with Crippen molar-refractivity contribution in [2.75, 3.05) is 13.7 Å². The summed E-state index contributed by atoms with van der Waals surface area (Å²) in [7, 11) is 1.57. The summed E-state index contributed by atoms with van der Waals surface area (Å²) in [5.41, 5.74) is 0.762. The van der Waals surface area contributed by atoms with Gasteiger partial charge < -0.3 is 20.2 Å². The van der Waals surface area contributed by atoms with Crippen molar-refractivity contribution in [3.05, 3.63) is 29.8 Å². The van der Waals surface area contributed by atoms with E-state index in [1.54, 1.807) is 19.2 Å². The summed E-state index contributed by atoms with van der Waals surface area (Å²) in [5, 5.41) is 14.4. The molecule has 0 bridgehead atoms. The van der Waals surface area contributed by atoms with Gasteiger partial charge in [-0.2, -0.15) is 0 Å². The van der Waals surface area contributed by atoms with Crippen molar-refractivity contribution in [1.29, 1.82) is 0 Å². The van der Waals surface area contributed by atoms with Gasteiger partial charge in [-0.05, 0) is 38.5 Å². The van der Waals surface area contributed by atoms with Gasteiger partial charge >= 0.3 is 0 Å². The van der Waals surface area contributed by atoms with E-state index in [-0.39, 0.29) is 30.8 Å². The molecule has 1 aromatic rings. The Balaban J connectivity index is 2.89. The van der Waals surface area contributed by atoms with Crippen LogP contribution >= 0.6 is 0 Å². The Kier molecular flexibility index (Phi) is 7.05. The summed E-state index contributed by atoms with van der Waals surface area (Å²) in [6, 6.07) is 7.15. The van der Waals surface area contributed by atoms with Crippen LogP contribution in [0.1, 0.15) is 26.3 Å². The van der Waals surface area contributed by atoms with Crippen LogP contribution in [0, 0.1) is 0 Å². The number of hydrogen-bond acceptors (Lipinski definition) is 5. The van der Waals surface area contributed by atoms with Gasteiger partial charge in [0.1, 0.15) is 18.0 Å². The second-order valence-electron chi connectivity index (χ2n) is 5.42. The van der Waals surface area contributed by atoms with Gasteiger partial charge in [0.05, 0.1) is 7.11 Å². The molecule has 0 aliphatic heterocycles. The standard InChI is InChI=1S/C16H23N3O4/c1-11(2)17-15(20)10-19(16(21)12(3)18-22)9-13-5-7-14(23-4)8-6-13/h5-8,11,22H,9-10H2,1-4H3,(H,17,20)/b18-12+. The number of benzene rings is 1. The number of rotatable bonds is 7. The smallest absolute Gasteiger partial charge is 0.272 e. The maximum absolute atomic E-state index is 12.3. The molecule has 126 valence electrons. The molecule has 0 aromatic heterocycles. The summed E-state index contributed by atoms with van der Waals surface area (Å²) >= 11 is 0. The largest absolute Gasteiger partial charge is 0.497 e. The van der Waals surface area contributed by atoms with Crippen molar-refractivity contribution in [1.82, 2.24) is 10.2 Å². The molecule has 0 heterocycles. The summed E-state index contributed by atoms with van der Waals surface area (Å²) in [6.45, 7) is 5.18. The molecule has 0 saturated carbocycles. The summed E-state index contributed by atoms with van der Waals surface area (Å²) < 4.78 is 5.09. The average molecular weight is 321 g/mol. The molecule has 7 heteroatoms. The second-order valence-corrected chi connectivity index (χ2v) is 5.42. The van der Waals surface area contributed by atoms with Crippen LogP contribution in [-0.2, 0) is 16.1 Å². The zero-order valence-electron chi connectivity index (χ0n) is 13.9. The minimum absolute atomic E-state index is 0.0203. The third-order valence-corrected chi connectivity index (χ3v) is 3.06. The number of nitrogens with one attached hydrogen (secondary N) is 1. The Morgan fingerprint density at radius 1 is 1.30 bits per heavy atom. The molecule has 0 fully saturated rings. The quantitative estimate of drug-likeness (QED) is 0.451. The Morgan fingerprint density at radius 3 is 2.39 bits per heavy atom. The first kappa shape index (κ1) is 18.5. The molecule has 2 N–H and O–H groups in total. The first-order chi connectivity index (χ1) is 10.9. The van der Waals surface area contributed by atoms with E-state index in [0.717, 1.165) is 5.56 Å². The van der Waals surface area contributed by atoms with Crippen molar-refractivity contribution < 1.29 is 19.5 Å². The molecular formula is C16H23N3O4. The Bertz CT molecular complexity index is 567. The van der Waals surface area contributed by atoms with Gasteiger partial charge in [-0.3, -0.25) is 9.59 Å². The summed E-state index contributed by atoms with van der Waals surface area (Å²) in [4.78, 5) is 25.5. The number of carbonyl (C=O) groups excluding carboxylic acids is 2. The minimum Gasteiger partial charge on any atom is -0.497 e. The lowest BCUT2D eigenvalue weighted by Gasteiger charge is -2.22. The average Bonchev–Trinajstić information content (AvgIpc) is 2.52. The zero-order chi connectivity index (χ0) is 17.4. The normalized spacial score (nSPS) is 11.3. The molecule has 0 unspecified atom stereocenters. The lowest BCUT2D eigenvalue weighted by Crippen LogP contribution is -2.44. The predicted molar refractivity (Wildman–Crippen MR) is 86.6 cm³/mol. The van der Waals surface area contributed by atoms with Gasteiger partial charge in [0.15, 0.2) is 0 Å². The van der Waals surface area contributed by atoms with Gasteiger partial charge in [-0.1, -0.05) is 17.3 Å². The van der Waals surface area contributed by atoms with Crippen LogP contribution in [0.15, 0.2) is 29.4 Å². The molecule has 0 saturated heterocycles. The summed E-state index contributed by atoms with van der Waals surface area (Å²) in [5.74, 6) is -0.0629. The first-order valence-corrected chi connectivity index (χ1v) is 7.27. The molecule has 2 amide bonds. The van der Waals surface area contributed by atoms with Crippen LogP contribution in [0.5, 0.6) is 5.75 Å². The van der Waals surface area contributed by atoms with Gasteiger partial charge in [0.2, 0.25) is 5.91 Å². The maximum Gasteiger partial charge on any atom is 0.272 e. The van der Waals surface area contributed by atoms with E-state index in [0.29, 0.717) is 5.75 Å². The maximum atomic E-state index is 12.3. The number of amides is 2. The van der Waals surface area contributed by atoms with E-state index < -0.39 is 5.91 Å². The van der Waals surface area contributed by atoms with Crippen molar-refractivity contribution in [2.24, 2.45) is 5.16 Å². The number of ether oxygens (including phenoxy) is 1. The molecule has 0 atom stereocenters. The van der Waals surface area contributed by atoms with Gasteiger partial charge in [0, 0.05) is 12.6 Å². The third kappa shape index (κ3) is 5.98. The van der Waals surface area contributed by atoms with E-state index in [1.165, 1.54) is 11.8 Å². The van der Waals surface area contributed by atoms with Crippen LogP contribution < -0.4 is 10.1 Å². The topological polar surface area (TPSA) is 91.2 Å². The fraction of sp³-hybridized carbons (Fsp3) is 0.438. The third-order valence-electron chi connectivity index (χ3n) is 3.06. The van der Waals surface area contributed by atoms with E-state index in [4.69, 9.17) is 9.94 Å². The Morgan fingerprint density at radius 2 is 1.91 bits per heavy atom. The highest BCUT2D eigenvalue weighted by Crippen LogP contribution is 2.13. The van der Waals surface area contributed by atoms with Crippen LogP contribution in [0.3, 0.4) is 0 Å². The molecule has 0 aliphatic rings. The van der Waals surface area contributed by atoms with Crippen LogP contribution in [0.4, 0.5) is 0 Å². The molecule has 7 nitrogen and oxygen atoms in total. The SMILES string of the molecule is COc1ccc(CN(CC(=O)NC(C)C)C(=O)/C(C)=N/O)cc1. The van der Waals surface area contributed by atoms with Gasteiger partial charge in [0.25, 0.3) is 5.91 Å². The molecule has 0 spiro atoms. The molecule has 23 heavy (non-hydrogen) atoms. The number of oxime groups is 1. The lowest BCUT2D eigenvalue weighted by molar-refractivity contribution is -0.132. The van der Waals surface area contributed by atoms with Crippen molar-refractivity contribution in [3.8, 4) is 5.75 Å². The number of carbonyl (C=O) groups is 2. The van der Waals surface area contributed by atoms with Crippen LogP contribution in [0.2, 0.25) is 0 Å². The fourth-order valence-electron chi connectivity index (χ4n) is 1.96. The summed E-state index contributed by atoms with van der Waals surface area (Å²) in [6.07, 6.45) is 0. The van der Waals surface area contributed by atoms with Crippen molar-refractivity contribution >= 4 is 17.5 Å². The molecule has 1 aromatic carbocycles. The van der Waals surface area contributed by atoms with E-state index in [2.05, 4.69) is 10.5 Å². The lowest BCUT2D eigenvalue weighted by atomic mass is 10.2. The molecule has 0 radical (unpaired) electrons. The molecular weight excluding hydrogens is 298 g/mol. The van der Waals surface area contributed by atoms with E-state index >= 15 is 0 Å². The number of nitrogens with zero attached hydrogens (tertiary/aromatic N) is 2. The highest BCUT2D eigenvalue weighted by molar-refractivity contribution is 6.37. The van der Waals surface area contributed by atoms with Crippen LogP contribution in [0.25, 0.3) is 0 Å². The highest BCUT2D eigenvalue weighted by atomic mass is 16.5. The van der Waals surface area contributed by atoms with Crippen molar-refractivity contribution in [3.63, 3.8) is 0 Å². The van der Waals surface area contributed by atoms with E-state index in [1.807, 2.05) is 26.0 Å². The monoisotopic (exact) mass is 321 g/mol. The van der Waals surface area contributed by atoms with Gasteiger partial charge in [-0.15, -0.1) is 0 Å². The predicted octanol–water partition coefficient (Wildman–Crippen LogP) is 1.40. The number of methoxy groups -OCH3 is 1. The fourth-order valence-corrected chi connectivity index (χ4v) is 1.96.